The Hall–Kier alpha value is -0.890. The molecule has 0 aliphatic carbocycles. The molecule has 0 radical (unpaired) electrons. The first-order valence-electron chi connectivity index (χ1n) is 6.99. The third-order valence-corrected chi connectivity index (χ3v) is 3.09. The second kappa shape index (κ2) is 7.21. The highest BCUT2D eigenvalue weighted by Gasteiger charge is 2.30. The molecule has 0 spiro atoms. The van der Waals surface area contributed by atoms with Gasteiger partial charge in [0.2, 0.25) is 0 Å². The first kappa shape index (κ1) is 17.2. The monoisotopic (exact) mass is 290 g/mol. The van der Waals surface area contributed by atoms with E-state index >= 15 is 0 Å². The molecule has 0 saturated carbocycles. The number of rotatable bonds is 5. The number of nitrogens with zero attached hydrogens (tertiary/aromatic N) is 2. The Kier molecular flexibility index (Phi) is 6.19. The number of quaternary nitrogens is 1. The molecule has 0 unspecified atom stereocenters. The maximum Gasteiger partial charge on any atom is 0.410 e. The normalized spacial score (nSPS) is 18.9. The molecule has 0 atom stereocenters. The van der Waals surface area contributed by atoms with Crippen LogP contribution in [0.15, 0.2) is 0 Å². The number of hydrogen-bond donors (Lipinski definition) is 1. The molecule has 7 heteroatoms. The van der Waals surface area contributed by atoms with Crippen LogP contribution in [-0.4, -0.2) is 78.9 Å². The molecular weight excluding hydrogens is 264 g/mol. The van der Waals surface area contributed by atoms with E-state index in [0.717, 1.165) is 0 Å². The van der Waals surface area contributed by atoms with Gasteiger partial charge >= 0.3 is 6.09 Å². The van der Waals surface area contributed by atoms with Gasteiger partial charge in [-0.15, -0.1) is 0 Å². The molecule has 0 bridgehead atoms. The molecule has 118 valence electrons. The second-order valence-electron chi connectivity index (χ2n) is 6.03. The van der Waals surface area contributed by atoms with Crippen LogP contribution in [0.4, 0.5) is 4.79 Å². The molecule has 1 fully saturated rings. The molecule has 20 heavy (non-hydrogen) atoms. The van der Waals surface area contributed by atoms with E-state index in [1.807, 2.05) is 20.8 Å². The molecule has 7 nitrogen and oxygen atoms in total. The molecule has 0 aromatic carbocycles. The Morgan fingerprint density at radius 1 is 1.30 bits per heavy atom. The predicted molar refractivity (Wildman–Crippen MR) is 73.9 cm³/mol. The highest BCUT2D eigenvalue weighted by Crippen LogP contribution is 2.15. The molecule has 1 rings (SSSR count). The van der Waals surface area contributed by atoms with Gasteiger partial charge in [-0.05, 0) is 20.8 Å². The van der Waals surface area contributed by atoms with E-state index < -0.39 is 5.60 Å². The summed E-state index contributed by atoms with van der Waals surface area (Å²) in [6.07, 6.45) is -0.361. The summed E-state index contributed by atoms with van der Waals surface area (Å²) in [4.78, 5) is 13.4. The van der Waals surface area contributed by atoms with Gasteiger partial charge in [0.1, 0.15) is 12.1 Å². The lowest BCUT2D eigenvalue weighted by Gasteiger charge is -2.48. The fourth-order valence-electron chi connectivity index (χ4n) is 1.96. The van der Waals surface area contributed by atoms with Gasteiger partial charge < -0.3 is 24.4 Å². The molecular formula is C13H26N2O5. The molecule has 1 N–H and O–H groups in total. The number of aliphatic hydroxyl groups is 1. The molecule has 1 aliphatic heterocycles. The first-order valence-corrected chi connectivity index (χ1v) is 6.99. The second-order valence-corrected chi connectivity index (χ2v) is 6.03. The average molecular weight is 290 g/mol. The Labute approximate surface area is 120 Å². The number of hydrogen-bond acceptors (Lipinski definition) is 5. The summed E-state index contributed by atoms with van der Waals surface area (Å²) in [7, 11) is 0. The van der Waals surface area contributed by atoms with Gasteiger partial charge in [0.25, 0.3) is 0 Å². The van der Waals surface area contributed by atoms with Gasteiger partial charge in [-0.25, -0.2) is 4.79 Å². The Bertz CT molecular complexity index is 308. The van der Waals surface area contributed by atoms with Crippen molar-refractivity contribution in [3.63, 3.8) is 0 Å². The van der Waals surface area contributed by atoms with Crippen LogP contribution in [0, 0.1) is 5.21 Å². The number of piperazine rings is 1. The van der Waals surface area contributed by atoms with Crippen LogP contribution < -0.4 is 0 Å². The van der Waals surface area contributed by atoms with Crippen molar-refractivity contribution < 1.29 is 24.0 Å². The lowest BCUT2D eigenvalue weighted by Crippen LogP contribution is -2.58. The molecule has 1 amide bonds. The molecule has 1 heterocycles. The van der Waals surface area contributed by atoms with Crippen LogP contribution in [0.2, 0.25) is 0 Å². The van der Waals surface area contributed by atoms with E-state index in [2.05, 4.69) is 0 Å². The van der Waals surface area contributed by atoms with Crippen LogP contribution in [-0.2, 0) is 9.47 Å². The van der Waals surface area contributed by atoms with E-state index in [1.165, 1.54) is 0 Å². The predicted octanol–water partition coefficient (Wildman–Crippen LogP) is 0.561. The van der Waals surface area contributed by atoms with E-state index in [1.54, 1.807) is 4.90 Å². The highest BCUT2D eigenvalue weighted by atomic mass is 16.6. The smallest absolute Gasteiger partial charge is 0.410 e. The highest BCUT2D eigenvalue weighted by molar-refractivity contribution is 5.68. The fourth-order valence-corrected chi connectivity index (χ4v) is 1.96. The van der Waals surface area contributed by atoms with Crippen molar-refractivity contribution in [2.24, 2.45) is 0 Å². The first-order chi connectivity index (χ1) is 9.26. The zero-order valence-corrected chi connectivity index (χ0v) is 12.6. The third kappa shape index (κ3) is 6.04. The fraction of sp³-hybridized carbons (Fsp3) is 0.923. The number of hydroxylamine groups is 3. The minimum atomic E-state index is -0.518. The number of aliphatic hydroxyl groups excluding tert-OH is 1. The number of amides is 1. The number of ether oxygens (including phenoxy) is 2. The third-order valence-electron chi connectivity index (χ3n) is 3.09. The molecule has 1 aliphatic rings. The standard InChI is InChI=1S/C13H26N2O5/c1-13(2,3)20-12(17)14-4-6-15(18,7-5-14)8-10-19-11-9-16/h16H,4-11H2,1-3H3. The Morgan fingerprint density at radius 3 is 2.40 bits per heavy atom. The van der Waals surface area contributed by atoms with Gasteiger partial charge in [-0.1, -0.05) is 0 Å². The van der Waals surface area contributed by atoms with Crippen LogP contribution in [0.5, 0.6) is 0 Å². The van der Waals surface area contributed by atoms with Crippen LogP contribution in [0.25, 0.3) is 0 Å². The molecule has 1 saturated heterocycles. The topological polar surface area (TPSA) is 82.1 Å². The SMILES string of the molecule is CC(C)(C)OC(=O)N1CC[N+]([O-])(CCOCCO)CC1. The number of carbonyl (C=O) groups is 1. The molecule has 0 aromatic heterocycles. The largest absolute Gasteiger partial charge is 0.633 e. The van der Waals surface area contributed by atoms with E-state index in [4.69, 9.17) is 14.6 Å². The summed E-state index contributed by atoms with van der Waals surface area (Å²) in [5, 5.41) is 20.9. The summed E-state index contributed by atoms with van der Waals surface area (Å²) in [5.41, 5.74) is -0.518. The average Bonchev–Trinajstić information content (AvgIpc) is 2.33. The van der Waals surface area contributed by atoms with Crippen LogP contribution >= 0.6 is 0 Å². The van der Waals surface area contributed by atoms with Crippen LogP contribution in [0.3, 0.4) is 0 Å². The van der Waals surface area contributed by atoms with E-state index in [-0.39, 0.29) is 24.0 Å². The minimum Gasteiger partial charge on any atom is -0.633 e. The minimum absolute atomic E-state index is 0.0364. The summed E-state index contributed by atoms with van der Waals surface area (Å²) in [6.45, 7) is 7.86. The zero-order chi connectivity index (χ0) is 15.2. The summed E-state index contributed by atoms with van der Waals surface area (Å²) < 4.78 is 10.0. The molecule has 0 aromatic rings. The van der Waals surface area contributed by atoms with Crippen molar-refractivity contribution >= 4 is 6.09 Å². The van der Waals surface area contributed by atoms with E-state index in [0.29, 0.717) is 39.3 Å². The lowest BCUT2D eigenvalue weighted by atomic mass is 10.2. The maximum atomic E-state index is 12.4. The maximum absolute atomic E-state index is 12.4. The lowest BCUT2D eigenvalue weighted by molar-refractivity contribution is -0.885. The summed E-state index contributed by atoms with van der Waals surface area (Å²) in [6, 6.07) is 0. The van der Waals surface area contributed by atoms with E-state index in [9.17, 15) is 10.0 Å². The van der Waals surface area contributed by atoms with Crippen LogP contribution in [0.1, 0.15) is 20.8 Å². The van der Waals surface area contributed by atoms with Crippen molar-refractivity contribution in [3.05, 3.63) is 5.21 Å². The van der Waals surface area contributed by atoms with Crippen molar-refractivity contribution in [3.8, 4) is 0 Å². The zero-order valence-electron chi connectivity index (χ0n) is 12.6. The van der Waals surface area contributed by atoms with Gasteiger partial charge in [-0.2, -0.15) is 0 Å². The van der Waals surface area contributed by atoms with Gasteiger partial charge in [0, 0.05) is 0 Å². The van der Waals surface area contributed by atoms with Crippen molar-refractivity contribution in [2.45, 2.75) is 26.4 Å². The van der Waals surface area contributed by atoms with Crippen molar-refractivity contribution in [2.75, 3.05) is 52.5 Å². The van der Waals surface area contributed by atoms with Gasteiger partial charge in [0.15, 0.2) is 0 Å². The van der Waals surface area contributed by atoms with Gasteiger partial charge in [-0.3, -0.25) is 4.90 Å². The quantitative estimate of drug-likeness (QED) is 0.454. The van der Waals surface area contributed by atoms with Gasteiger partial charge in [0.05, 0.1) is 46.0 Å². The Balaban J connectivity index is 2.33. The van der Waals surface area contributed by atoms with Crippen molar-refractivity contribution in [1.82, 2.24) is 4.90 Å². The van der Waals surface area contributed by atoms with Crippen molar-refractivity contribution in [1.29, 1.82) is 0 Å². The Morgan fingerprint density at radius 2 is 1.90 bits per heavy atom. The summed E-state index contributed by atoms with van der Waals surface area (Å²) >= 11 is 0. The summed E-state index contributed by atoms with van der Waals surface area (Å²) in [5.74, 6) is 0. The number of carbonyl (C=O) groups excluding carboxylic acids is 1.